The molecule has 1 rings (SSSR count). The summed E-state index contributed by atoms with van der Waals surface area (Å²) in [6, 6.07) is 10.3. The summed E-state index contributed by atoms with van der Waals surface area (Å²) in [4.78, 5) is 15.8. The summed E-state index contributed by atoms with van der Waals surface area (Å²) in [6.45, 7) is 8.29. The first-order chi connectivity index (χ1) is 10.5. The topological polar surface area (TPSA) is 62.7 Å². The molecule has 0 bridgehead atoms. The summed E-state index contributed by atoms with van der Waals surface area (Å²) in [5, 5.41) is 6.33. The van der Waals surface area contributed by atoms with Crippen molar-refractivity contribution in [1.29, 1.82) is 0 Å². The van der Waals surface area contributed by atoms with E-state index in [1.165, 1.54) is 12.7 Å². The lowest BCUT2D eigenvalue weighted by Crippen LogP contribution is -2.39. The molecule has 0 unspecified atom stereocenters. The average molecular weight is 305 g/mol. The second-order valence-electron chi connectivity index (χ2n) is 5.70. The molecule has 5 nitrogen and oxygen atoms in total. The SMILES string of the molecule is CCNC(=NCC(C)(C)c1ccccc1)NCCC(=O)OC. The number of esters is 1. The van der Waals surface area contributed by atoms with Crippen molar-refractivity contribution in [1.82, 2.24) is 10.6 Å². The van der Waals surface area contributed by atoms with Crippen molar-refractivity contribution >= 4 is 11.9 Å². The lowest BCUT2D eigenvalue weighted by Gasteiger charge is -2.23. The summed E-state index contributed by atoms with van der Waals surface area (Å²) in [5.41, 5.74) is 1.20. The van der Waals surface area contributed by atoms with Crippen LogP contribution in [0.25, 0.3) is 0 Å². The molecule has 5 heteroatoms. The van der Waals surface area contributed by atoms with Crippen molar-refractivity contribution in [3.63, 3.8) is 0 Å². The lowest BCUT2D eigenvalue weighted by molar-refractivity contribution is -0.140. The second kappa shape index (κ2) is 9.07. The number of aliphatic imine (C=N–C) groups is 1. The zero-order chi connectivity index (χ0) is 16.4. The van der Waals surface area contributed by atoms with E-state index in [-0.39, 0.29) is 11.4 Å². The van der Waals surface area contributed by atoms with Gasteiger partial charge in [0.25, 0.3) is 0 Å². The quantitative estimate of drug-likeness (QED) is 0.460. The molecule has 2 N–H and O–H groups in total. The number of nitrogens with one attached hydrogen (secondary N) is 2. The summed E-state index contributed by atoms with van der Waals surface area (Å²) in [7, 11) is 1.39. The molecule has 0 aromatic heterocycles. The highest BCUT2D eigenvalue weighted by Crippen LogP contribution is 2.22. The van der Waals surface area contributed by atoms with Crippen LogP contribution in [0.15, 0.2) is 35.3 Å². The highest BCUT2D eigenvalue weighted by Gasteiger charge is 2.20. The molecule has 1 aromatic rings. The third-order valence-electron chi connectivity index (χ3n) is 3.38. The average Bonchev–Trinajstić information content (AvgIpc) is 2.53. The zero-order valence-corrected chi connectivity index (χ0v) is 14.0. The molecule has 0 aliphatic carbocycles. The van der Waals surface area contributed by atoms with Crippen molar-refractivity contribution in [3.8, 4) is 0 Å². The minimum atomic E-state index is -0.229. The first kappa shape index (κ1) is 18.0. The Morgan fingerprint density at radius 3 is 2.50 bits per heavy atom. The number of rotatable bonds is 7. The molecular formula is C17H27N3O2. The highest BCUT2D eigenvalue weighted by atomic mass is 16.5. The van der Waals surface area contributed by atoms with E-state index in [1.807, 2.05) is 25.1 Å². The van der Waals surface area contributed by atoms with E-state index in [9.17, 15) is 4.79 Å². The maximum Gasteiger partial charge on any atom is 0.307 e. The van der Waals surface area contributed by atoms with Crippen LogP contribution in [0, 0.1) is 0 Å². The van der Waals surface area contributed by atoms with Gasteiger partial charge in [0.2, 0.25) is 0 Å². The van der Waals surface area contributed by atoms with Gasteiger partial charge >= 0.3 is 5.97 Å². The Hall–Kier alpha value is -2.04. The lowest BCUT2D eigenvalue weighted by atomic mass is 9.85. The molecule has 0 aliphatic heterocycles. The fourth-order valence-electron chi connectivity index (χ4n) is 1.98. The fraction of sp³-hybridized carbons (Fsp3) is 0.529. The standard InChI is InChI=1S/C17H27N3O2/c1-5-18-16(19-12-11-15(21)22-4)20-13-17(2,3)14-9-7-6-8-10-14/h6-10H,5,11-13H2,1-4H3,(H2,18,19,20). The Morgan fingerprint density at radius 1 is 1.23 bits per heavy atom. The molecule has 0 spiro atoms. The van der Waals surface area contributed by atoms with Crippen LogP contribution >= 0.6 is 0 Å². The summed E-state index contributed by atoms with van der Waals surface area (Å²) in [5.74, 6) is 0.489. The van der Waals surface area contributed by atoms with E-state index in [2.05, 4.69) is 46.3 Å². The first-order valence-corrected chi connectivity index (χ1v) is 7.64. The van der Waals surface area contributed by atoms with Gasteiger partial charge in [-0.05, 0) is 12.5 Å². The maximum atomic E-state index is 11.1. The molecule has 0 atom stereocenters. The summed E-state index contributed by atoms with van der Waals surface area (Å²) in [6.07, 6.45) is 0.322. The highest BCUT2D eigenvalue weighted by molar-refractivity contribution is 5.80. The molecule has 1 aromatic carbocycles. The first-order valence-electron chi connectivity index (χ1n) is 7.64. The van der Waals surface area contributed by atoms with Gasteiger partial charge in [-0.15, -0.1) is 0 Å². The molecule has 0 saturated carbocycles. The van der Waals surface area contributed by atoms with Gasteiger partial charge in [-0.3, -0.25) is 9.79 Å². The Kier molecular flexibility index (Phi) is 7.43. The minimum absolute atomic E-state index is 0.0496. The van der Waals surface area contributed by atoms with Gasteiger partial charge in [-0.25, -0.2) is 0 Å². The van der Waals surface area contributed by atoms with Crippen LogP contribution in [0.5, 0.6) is 0 Å². The minimum Gasteiger partial charge on any atom is -0.469 e. The third-order valence-corrected chi connectivity index (χ3v) is 3.38. The van der Waals surface area contributed by atoms with E-state index in [0.29, 0.717) is 19.5 Å². The van der Waals surface area contributed by atoms with Crippen molar-refractivity contribution in [2.75, 3.05) is 26.7 Å². The number of ether oxygens (including phenoxy) is 1. The summed E-state index contributed by atoms with van der Waals surface area (Å²) < 4.78 is 4.62. The molecule has 122 valence electrons. The van der Waals surface area contributed by atoms with Crippen LogP contribution in [0.4, 0.5) is 0 Å². The Morgan fingerprint density at radius 2 is 1.91 bits per heavy atom. The maximum absolute atomic E-state index is 11.1. The van der Waals surface area contributed by atoms with Crippen molar-refractivity contribution in [2.24, 2.45) is 4.99 Å². The molecule has 0 radical (unpaired) electrons. The number of carbonyl (C=O) groups excluding carboxylic acids is 1. The van der Waals surface area contributed by atoms with Gasteiger partial charge in [-0.2, -0.15) is 0 Å². The van der Waals surface area contributed by atoms with E-state index in [1.54, 1.807) is 0 Å². The van der Waals surface area contributed by atoms with Crippen LogP contribution in [-0.2, 0) is 14.9 Å². The van der Waals surface area contributed by atoms with E-state index >= 15 is 0 Å². The van der Waals surface area contributed by atoms with Gasteiger partial charge < -0.3 is 15.4 Å². The Balaban J connectivity index is 2.62. The van der Waals surface area contributed by atoms with Crippen LogP contribution < -0.4 is 10.6 Å². The predicted octanol–water partition coefficient (Wildman–Crippen LogP) is 2.08. The molecule has 0 saturated heterocycles. The van der Waals surface area contributed by atoms with Crippen LogP contribution in [0.3, 0.4) is 0 Å². The number of nitrogens with zero attached hydrogens (tertiary/aromatic N) is 1. The smallest absolute Gasteiger partial charge is 0.307 e. The monoisotopic (exact) mass is 305 g/mol. The number of guanidine groups is 1. The fourth-order valence-corrected chi connectivity index (χ4v) is 1.98. The Bertz CT molecular complexity index is 484. The number of hydrogen-bond donors (Lipinski definition) is 2. The number of methoxy groups -OCH3 is 1. The number of benzene rings is 1. The number of hydrogen-bond acceptors (Lipinski definition) is 3. The predicted molar refractivity (Wildman–Crippen MR) is 90.1 cm³/mol. The zero-order valence-electron chi connectivity index (χ0n) is 14.0. The van der Waals surface area contributed by atoms with E-state index in [0.717, 1.165) is 12.5 Å². The second-order valence-corrected chi connectivity index (χ2v) is 5.70. The van der Waals surface area contributed by atoms with Gasteiger partial charge in [0.1, 0.15) is 0 Å². The molecular weight excluding hydrogens is 278 g/mol. The number of carbonyl (C=O) groups is 1. The van der Waals surface area contributed by atoms with Gasteiger partial charge in [0.05, 0.1) is 20.1 Å². The molecule has 0 amide bonds. The Labute approximate surface area is 133 Å². The molecule has 0 aliphatic rings. The van der Waals surface area contributed by atoms with Gasteiger partial charge in [-0.1, -0.05) is 44.2 Å². The van der Waals surface area contributed by atoms with Crippen molar-refractivity contribution in [3.05, 3.63) is 35.9 Å². The normalized spacial score (nSPS) is 11.9. The van der Waals surface area contributed by atoms with E-state index in [4.69, 9.17) is 0 Å². The van der Waals surface area contributed by atoms with E-state index < -0.39 is 0 Å². The molecule has 22 heavy (non-hydrogen) atoms. The largest absolute Gasteiger partial charge is 0.469 e. The van der Waals surface area contributed by atoms with Crippen molar-refractivity contribution < 1.29 is 9.53 Å². The van der Waals surface area contributed by atoms with Gasteiger partial charge in [0.15, 0.2) is 5.96 Å². The van der Waals surface area contributed by atoms with Crippen LogP contribution in [-0.4, -0.2) is 38.7 Å². The summed E-state index contributed by atoms with van der Waals surface area (Å²) >= 11 is 0. The van der Waals surface area contributed by atoms with Crippen molar-refractivity contribution in [2.45, 2.75) is 32.6 Å². The molecule has 0 fully saturated rings. The van der Waals surface area contributed by atoms with Crippen LogP contribution in [0.1, 0.15) is 32.8 Å². The van der Waals surface area contributed by atoms with Gasteiger partial charge in [0, 0.05) is 18.5 Å². The molecule has 0 heterocycles. The van der Waals surface area contributed by atoms with Crippen LogP contribution in [0.2, 0.25) is 0 Å². The third kappa shape index (κ3) is 6.16.